The first-order valence-electron chi connectivity index (χ1n) is 10.0. The van der Waals surface area contributed by atoms with E-state index in [0.29, 0.717) is 0 Å². The molecule has 4 atom stereocenters. The lowest BCUT2D eigenvalue weighted by Crippen LogP contribution is -2.70. The molecule has 27 heavy (non-hydrogen) atoms. The summed E-state index contributed by atoms with van der Waals surface area (Å²) in [6.45, 7) is 25.4. The van der Waals surface area contributed by atoms with E-state index in [-0.39, 0.29) is 40.0 Å². The maximum Gasteiger partial charge on any atom is 0.253 e. The highest BCUT2D eigenvalue weighted by Crippen LogP contribution is 2.44. The van der Waals surface area contributed by atoms with Crippen molar-refractivity contribution in [1.82, 2.24) is 5.06 Å². The van der Waals surface area contributed by atoms with Gasteiger partial charge in [0, 0.05) is 5.92 Å². The molecule has 1 rings (SSSR count). The Morgan fingerprint density at radius 2 is 1.41 bits per heavy atom. The van der Waals surface area contributed by atoms with E-state index in [4.69, 9.17) is 8.95 Å². The van der Waals surface area contributed by atoms with Crippen molar-refractivity contribution in [3.8, 4) is 0 Å². The largest absolute Gasteiger partial charge is 0.413 e. The van der Waals surface area contributed by atoms with Gasteiger partial charge in [-0.3, -0.25) is 4.79 Å². The van der Waals surface area contributed by atoms with E-state index in [1.807, 2.05) is 13.8 Å². The average Bonchev–Trinajstić information content (AvgIpc) is 2.46. The highest BCUT2D eigenvalue weighted by atomic mass is 28.4. The van der Waals surface area contributed by atoms with Crippen molar-refractivity contribution in [2.75, 3.05) is 0 Å². The first-order chi connectivity index (χ1) is 11.9. The van der Waals surface area contributed by atoms with Gasteiger partial charge < -0.3 is 13.7 Å². The van der Waals surface area contributed by atoms with Gasteiger partial charge in [0.15, 0.2) is 8.32 Å². The number of carbonyl (C=O) groups is 2. The molecule has 0 N–H and O–H groups in total. The zero-order valence-electron chi connectivity index (χ0n) is 19.5. The van der Waals surface area contributed by atoms with Crippen molar-refractivity contribution in [3.63, 3.8) is 0 Å². The molecule has 158 valence electrons. The maximum atomic E-state index is 13.0. The van der Waals surface area contributed by atoms with Gasteiger partial charge in [-0.15, -0.1) is 0 Å². The first-order valence-corrected chi connectivity index (χ1v) is 15.8. The molecule has 0 aliphatic carbocycles. The molecule has 0 spiro atoms. The van der Waals surface area contributed by atoms with E-state index in [2.05, 4.69) is 67.7 Å². The zero-order chi connectivity index (χ0) is 21.6. The van der Waals surface area contributed by atoms with Crippen molar-refractivity contribution in [3.05, 3.63) is 0 Å². The van der Waals surface area contributed by atoms with Crippen molar-refractivity contribution >= 4 is 28.8 Å². The second-order valence-corrected chi connectivity index (χ2v) is 20.6. The molecule has 1 amide bonds. The molecule has 5 nitrogen and oxygen atoms in total. The predicted molar refractivity (Wildman–Crippen MR) is 115 cm³/mol. The van der Waals surface area contributed by atoms with Crippen LogP contribution in [0.1, 0.15) is 55.4 Å². The summed E-state index contributed by atoms with van der Waals surface area (Å²) in [7, 11) is -4.17. The standard InChI is InChI=1S/C20H41NO4Si2/c1-14(13-22)17-16(15(2)24-26(9,10)19(3,4)5)18(23)21(17)25-27(11,12)20(6,7)8/h13-17H,1-12H3/t14-,15+,16+,17+/m0/s1. The molecule has 1 heterocycles. The van der Waals surface area contributed by atoms with Crippen LogP contribution >= 0.6 is 0 Å². The summed E-state index contributed by atoms with van der Waals surface area (Å²) in [5.41, 5.74) is 0. The van der Waals surface area contributed by atoms with Gasteiger partial charge >= 0.3 is 0 Å². The quantitative estimate of drug-likeness (QED) is 0.334. The van der Waals surface area contributed by atoms with Gasteiger partial charge in [0.25, 0.3) is 5.91 Å². The zero-order valence-corrected chi connectivity index (χ0v) is 21.5. The van der Waals surface area contributed by atoms with E-state index >= 15 is 0 Å². The molecule has 7 heteroatoms. The number of β-lactam (4-membered cyclic amide) rings is 1. The Morgan fingerprint density at radius 1 is 0.963 bits per heavy atom. The molecule has 1 saturated heterocycles. The highest BCUT2D eigenvalue weighted by molar-refractivity contribution is 6.74. The molecule has 0 unspecified atom stereocenters. The van der Waals surface area contributed by atoms with Crippen LogP contribution in [0.15, 0.2) is 0 Å². The Labute approximate surface area is 168 Å². The van der Waals surface area contributed by atoms with Gasteiger partial charge in [-0.2, -0.15) is 0 Å². The molecule has 1 fully saturated rings. The number of aldehydes is 1. The topological polar surface area (TPSA) is 55.8 Å². The number of rotatable bonds is 7. The van der Waals surface area contributed by atoms with Crippen molar-refractivity contribution < 1.29 is 18.5 Å². The van der Waals surface area contributed by atoms with Crippen LogP contribution in [0.4, 0.5) is 0 Å². The Hall–Kier alpha value is -0.506. The lowest BCUT2D eigenvalue weighted by Gasteiger charge is -2.54. The number of hydroxylamine groups is 2. The van der Waals surface area contributed by atoms with E-state index in [1.54, 1.807) is 0 Å². The molecule has 0 radical (unpaired) electrons. The minimum Gasteiger partial charge on any atom is -0.413 e. The Morgan fingerprint density at radius 3 is 1.78 bits per heavy atom. The first kappa shape index (κ1) is 24.5. The number of carbonyl (C=O) groups excluding carboxylic acids is 2. The van der Waals surface area contributed by atoms with Crippen molar-refractivity contribution in [2.45, 2.75) is 104 Å². The second-order valence-electron chi connectivity index (χ2n) is 11.1. The maximum absolute atomic E-state index is 13.0. The van der Waals surface area contributed by atoms with Crippen LogP contribution in [0.2, 0.25) is 36.3 Å². The Kier molecular flexibility index (Phi) is 7.02. The molecule has 0 aromatic heterocycles. The van der Waals surface area contributed by atoms with Gasteiger partial charge in [0.05, 0.1) is 18.1 Å². The summed E-state index contributed by atoms with van der Waals surface area (Å²) in [5.74, 6) is -0.670. The van der Waals surface area contributed by atoms with Gasteiger partial charge in [-0.25, -0.2) is 5.06 Å². The third-order valence-corrected chi connectivity index (χ3v) is 15.7. The normalized spacial score (nSPS) is 24.4. The molecule has 1 aliphatic heterocycles. The second kappa shape index (κ2) is 7.73. The summed E-state index contributed by atoms with van der Waals surface area (Å²) in [5, 5.41) is 1.54. The summed E-state index contributed by atoms with van der Waals surface area (Å²) in [4.78, 5) is 24.6. The van der Waals surface area contributed by atoms with Gasteiger partial charge in [0.2, 0.25) is 8.32 Å². The fraction of sp³-hybridized carbons (Fsp3) is 0.900. The molecule has 0 aromatic carbocycles. The minimum absolute atomic E-state index is 0.0173. The van der Waals surface area contributed by atoms with Gasteiger partial charge in [-0.05, 0) is 43.2 Å². The molecule has 0 aromatic rings. The fourth-order valence-corrected chi connectivity index (χ4v) is 5.21. The van der Waals surface area contributed by atoms with E-state index < -0.39 is 16.6 Å². The van der Waals surface area contributed by atoms with Crippen LogP contribution in [0.25, 0.3) is 0 Å². The molecular formula is C20H41NO4Si2. The number of amides is 1. The lowest BCUT2D eigenvalue weighted by molar-refractivity contribution is -0.224. The number of hydrogen-bond acceptors (Lipinski definition) is 4. The highest BCUT2D eigenvalue weighted by Gasteiger charge is 2.57. The monoisotopic (exact) mass is 415 g/mol. The van der Waals surface area contributed by atoms with E-state index in [1.165, 1.54) is 5.06 Å². The van der Waals surface area contributed by atoms with Crippen LogP contribution in [-0.4, -0.2) is 46.0 Å². The molecular weight excluding hydrogens is 374 g/mol. The summed E-state index contributed by atoms with van der Waals surface area (Å²) in [6, 6.07) is -0.260. The van der Waals surface area contributed by atoms with Crippen LogP contribution in [-0.2, 0) is 18.5 Å². The van der Waals surface area contributed by atoms with E-state index in [9.17, 15) is 9.59 Å². The summed E-state index contributed by atoms with van der Waals surface area (Å²) >= 11 is 0. The fourth-order valence-electron chi connectivity index (χ4n) is 2.81. The van der Waals surface area contributed by atoms with Crippen LogP contribution in [0.5, 0.6) is 0 Å². The molecule has 1 aliphatic rings. The molecule has 0 saturated carbocycles. The molecule has 0 bridgehead atoms. The predicted octanol–water partition coefficient (Wildman–Crippen LogP) is 5.00. The lowest BCUT2D eigenvalue weighted by atomic mass is 9.79. The van der Waals surface area contributed by atoms with Gasteiger partial charge in [-0.1, -0.05) is 48.5 Å². The van der Waals surface area contributed by atoms with Crippen LogP contribution in [0.3, 0.4) is 0 Å². The third kappa shape index (κ3) is 4.92. The smallest absolute Gasteiger partial charge is 0.253 e. The van der Waals surface area contributed by atoms with E-state index in [0.717, 1.165) is 6.29 Å². The van der Waals surface area contributed by atoms with Gasteiger partial charge in [0.1, 0.15) is 6.29 Å². The minimum atomic E-state index is -2.16. The Bertz CT molecular complexity index is 563. The van der Waals surface area contributed by atoms with Crippen LogP contribution in [0, 0.1) is 11.8 Å². The van der Waals surface area contributed by atoms with Crippen molar-refractivity contribution in [2.24, 2.45) is 11.8 Å². The number of nitrogens with zero attached hydrogens (tertiary/aromatic N) is 1. The number of hydrogen-bond donors (Lipinski definition) is 0. The average molecular weight is 416 g/mol. The van der Waals surface area contributed by atoms with Crippen LogP contribution < -0.4 is 0 Å². The van der Waals surface area contributed by atoms with Crippen molar-refractivity contribution in [1.29, 1.82) is 0 Å². The SMILES string of the molecule is C[C@@H](C=O)[C@@H]1[C@@H]([C@@H](C)O[Si](C)(C)C(C)(C)C)C(=O)N1O[Si](C)(C)C(C)(C)C. The summed E-state index contributed by atoms with van der Waals surface area (Å²) in [6.07, 6.45) is 0.690. The Balaban J connectivity index is 3.06. The summed E-state index contributed by atoms with van der Waals surface area (Å²) < 4.78 is 12.8. The third-order valence-electron chi connectivity index (χ3n) is 6.82.